The Morgan fingerprint density at radius 1 is 1.24 bits per heavy atom. The van der Waals surface area contributed by atoms with Gasteiger partial charge in [-0.2, -0.15) is 13.5 Å². The number of carboxylic acids is 1. The summed E-state index contributed by atoms with van der Waals surface area (Å²) < 4.78 is 40.0. The number of β-lactam (4-membered cyclic amide) rings is 1. The van der Waals surface area contributed by atoms with Gasteiger partial charge in [0.2, 0.25) is 0 Å². The van der Waals surface area contributed by atoms with Gasteiger partial charge in [0.05, 0.1) is 19.1 Å². The second kappa shape index (κ2) is 14.1. The van der Waals surface area contributed by atoms with Gasteiger partial charge in [0.25, 0.3) is 17.9 Å². The van der Waals surface area contributed by atoms with E-state index in [4.69, 9.17) is 26.8 Å². The van der Waals surface area contributed by atoms with Crippen LogP contribution in [0.3, 0.4) is 0 Å². The molecule has 2 amide bonds. The molecule has 2 aromatic heterocycles. The summed E-state index contributed by atoms with van der Waals surface area (Å²) in [4.78, 5) is 54.8. The molecule has 0 bridgehead atoms. The van der Waals surface area contributed by atoms with E-state index in [1.807, 2.05) is 0 Å². The normalized spacial score (nSPS) is 17.8. The first kappa shape index (κ1) is 32.7. The maximum absolute atomic E-state index is 13.3. The number of carbonyl (C=O) groups excluding carboxylic acids is 2. The highest BCUT2D eigenvalue weighted by Crippen LogP contribution is 2.25. The van der Waals surface area contributed by atoms with E-state index in [-0.39, 0.29) is 33.3 Å². The lowest BCUT2D eigenvalue weighted by Gasteiger charge is -2.43. The Balaban J connectivity index is 1.49. The average molecular weight is 666 g/mol. The van der Waals surface area contributed by atoms with Crippen LogP contribution in [0.5, 0.6) is 5.75 Å². The minimum atomic E-state index is -4.98. The van der Waals surface area contributed by atoms with Crippen molar-refractivity contribution in [1.82, 2.24) is 29.4 Å². The van der Waals surface area contributed by atoms with Gasteiger partial charge >= 0.3 is 16.3 Å². The minimum Gasteiger partial charge on any atom is -0.489 e. The van der Waals surface area contributed by atoms with Gasteiger partial charge in [0, 0.05) is 17.5 Å². The first-order valence-corrected chi connectivity index (χ1v) is 15.0. The number of hydrogen-bond acceptors (Lipinski definition) is 15. The van der Waals surface area contributed by atoms with Crippen LogP contribution in [0.2, 0.25) is 0 Å². The summed E-state index contributed by atoms with van der Waals surface area (Å²) in [6, 6.07) is 3.50. The average Bonchev–Trinajstić information content (AvgIpc) is 3.67. The molecular formula is C23H27N11O9S2. The highest BCUT2D eigenvalue weighted by molar-refractivity contribution is 7.84. The summed E-state index contributed by atoms with van der Waals surface area (Å²) in [7, 11) is -4.98. The van der Waals surface area contributed by atoms with Crippen LogP contribution in [0.4, 0.5) is 5.13 Å². The molecule has 3 heterocycles. The number of nitrogens with two attached hydrogens (primary N) is 3. The molecule has 45 heavy (non-hydrogen) atoms. The van der Waals surface area contributed by atoms with E-state index in [1.54, 1.807) is 12.1 Å². The number of carbonyl (C=O) groups is 3. The zero-order valence-corrected chi connectivity index (χ0v) is 24.7. The Labute approximate surface area is 258 Å². The zero-order chi connectivity index (χ0) is 32.7. The van der Waals surface area contributed by atoms with Gasteiger partial charge in [-0.3, -0.25) is 23.8 Å². The second-order valence-electron chi connectivity index (χ2n) is 9.08. The highest BCUT2D eigenvalue weighted by Gasteiger charge is 2.54. The monoisotopic (exact) mass is 665 g/mol. The van der Waals surface area contributed by atoms with Crippen molar-refractivity contribution in [1.29, 1.82) is 0 Å². The fraction of sp³-hybridized carbons (Fsp3) is 0.304. The molecule has 240 valence electrons. The lowest BCUT2D eigenvalue weighted by Crippen LogP contribution is -2.73. The van der Waals surface area contributed by atoms with E-state index >= 15 is 0 Å². The van der Waals surface area contributed by atoms with E-state index in [1.165, 1.54) is 28.5 Å². The number of benzene rings is 1. The molecule has 0 aliphatic carbocycles. The molecule has 4 rings (SSSR count). The third kappa shape index (κ3) is 8.05. The molecule has 0 spiro atoms. The highest BCUT2D eigenvalue weighted by atomic mass is 32.2. The first-order valence-electron chi connectivity index (χ1n) is 12.7. The predicted octanol–water partition coefficient (Wildman–Crippen LogP) is -2.57. The zero-order valence-electron chi connectivity index (χ0n) is 23.0. The van der Waals surface area contributed by atoms with Gasteiger partial charge in [0.15, 0.2) is 10.8 Å². The number of nitrogens with zero attached hydrogens (tertiary/aromatic N) is 7. The quantitative estimate of drug-likeness (QED) is 0.0320. The van der Waals surface area contributed by atoms with Gasteiger partial charge < -0.3 is 37.2 Å². The number of aliphatic imine (C=N–C) groups is 1. The van der Waals surface area contributed by atoms with Crippen LogP contribution >= 0.6 is 11.3 Å². The molecule has 1 fully saturated rings. The van der Waals surface area contributed by atoms with Crippen molar-refractivity contribution in [2.75, 3.05) is 25.4 Å². The van der Waals surface area contributed by atoms with E-state index in [0.29, 0.717) is 18.7 Å². The van der Waals surface area contributed by atoms with Crippen molar-refractivity contribution in [3.05, 3.63) is 53.6 Å². The number of hydrogen-bond donors (Lipinski definition) is 6. The number of nitrogen functional groups attached to an aromatic ring is 1. The Bertz CT molecular complexity index is 1690. The minimum absolute atomic E-state index is 0.0297. The van der Waals surface area contributed by atoms with Crippen molar-refractivity contribution in [2.24, 2.45) is 21.6 Å². The number of thiazole rings is 1. The van der Waals surface area contributed by atoms with Crippen LogP contribution in [-0.2, 0) is 36.1 Å². The Kier molecular flexibility index (Phi) is 10.2. The fourth-order valence-corrected chi connectivity index (χ4v) is 5.32. The van der Waals surface area contributed by atoms with Gasteiger partial charge in [-0.1, -0.05) is 5.16 Å². The molecule has 1 aliphatic heterocycles. The molecule has 20 nitrogen and oxygen atoms in total. The number of nitrogens with one attached hydrogen (secondary N) is 1. The Morgan fingerprint density at radius 2 is 1.98 bits per heavy atom. The van der Waals surface area contributed by atoms with E-state index in [0.717, 1.165) is 17.7 Å². The number of carboxylic acid groups (broad SMARTS) is 1. The standard InChI is InChI=1S/C23H27N11O9S2/c24-5-6-28-19(25)12-1-3-13(4-2-12)42-8-16(22(37)38)43-32-17(14-9-44-23(26)30-14)20(35)31-18-15(7-33-11-27-10-29-33)34(21(18)36)45(39,40)41/h1-4,9-11,15-16,18H,5-8,24H2,(H2,25,28)(H2,26,30)(H,31,35)(H,37,38)(H,39,40,41)/b32-17-/t15-,16+,18+/m1/s1. The molecule has 1 aliphatic rings. The molecule has 9 N–H and O–H groups in total. The Morgan fingerprint density at radius 3 is 2.56 bits per heavy atom. The van der Waals surface area contributed by atoms with E-state index in [2.05, 4.69) is 30.5 Å². The molecule has 22 heteroatoms. The van der Waals surface area contributed by atoms with E-state index in [9.17, 15) is 32.5 Å². The number of anilines is 1. The van der Waals surface area contributed by atoms with Crippen LogP contribution in [0, 0.1) is 0 Å². The van der Waals surface area contributed by atoms with Gasteiger partial charge in [0.1, 0.15) is 42.6 Å². The van der Waals surface area contributed by atoms with Crippen LogP contribution in [0.1, 0.15) is 11.3 Å². The largest absolute Gasteiger partial charge is 0.489 e. The van der Waals surface area contributed by atoms with Crippen LogP contribution < -0.4 is 27.3 Å². The molecule has 0 saturated carbocycles. The summed E-state index contributed by atoms with van der Waals surface area (Å²) in [5, 5.41) is 20.9. The number of aromatic nitrogens is 4. The molecule has 0 unspecified atom stereocenters. The van der Waals surface area contributed by atoms with Crippen molar-refractivity contribution in [3.8, 4) is 5.75 Å². The summed E-state index contributed by atoms with van der Waals surface area (Å²) in [6.07, 6.45) is 0.673. The topological polar surface area (TPSA) is 306 Å². The smallest absolute Gasteiger partial charge is 0.362 e. The SMILES string of the molecule is NCCN=C(N)c1ccc(OC[C@H](O/N=C(\C(=O)N[C@@H]2C(=O)N(S(=O)(=O)O)[C@@H]2Cn2cncn2)c2csc(N)n2)C(=O)O)cc1. The summed E-state index contributed by atoms with van der Waals surface area (Å²) >= 11 is 0.931. The number of rotatable bonds is 15. The van der Waals surface area contributed by atoms with Gasteiger partial charge in [-0.15, -0.1) is 11.3 Å². The molecule has 3 atom stereocenters. The van der Waals surface area contributed by atoms with E-state index < -0.39 is 58.6 Å². The maximum Gasteiger partial charge on any atom is 0.362 e. The van der Waals surface area contributed by atoms with Crippen LogP contribution in [-0.4, -0.2) is 109 Å². The predicted molar refractivity (Wildman–Crippen MR) is 156 cm³/mol. The molecule has 0 radical (unpaired) electrons. The number of oxime groups is 1. The van der Waals surface area contributed by atoms with Gasteiger partial charge in [-0.25, -0.2) is 19.1 Å². The lowest BCUT2D eigenvalue weighted by molar-refractivity contribution is -0.152. The lowest BCUT2D eigenvalue weighted by atomic mass is 9.98. The number of amidine groups is 1. The van der Waals surface area contributed by atoms with Crippen molar-refractivity contribution in [2.45, 2.75) is 24.7 Å². The Hall–Kier alpha value is -5.19. The first-order chi connectivity index (χ1) is 21.4. The molecular weight excluding hydrogens is 638 g/mol. The molecule has 1 saturated heterocycles. The third-order valence-electron chi connectivity index (χ3n) is 6.03. The van der Waals surface area contributed by atoms with Crippen molar-refractivity contribution in [3.63, 3.8) is 0 Å². The maximum atomic E-state index is 13.3. The number of amides is 2. The molecule has 1 aromatic carbocycles. The molecule has 3 aromatic rings. The number of aliphatic carboxylic acids is 1. The second-order valence-corrected chi connectivity index (χ2v) is 11.3. The fourth-order valence-electron chi connectivity index (χ4n) is 3.90. The number of ether oxygens (including phenoxy) is 1. The summed E-state index contributed by atoms with van der Waals surface area (Å²) in [5.41, 5.74) is 16.9. The van der Waals surface area contributed by atoms with Gasteiger partial charge in [-0.05, 0) is 24.3 Å². The summed E-state index contributed by atoms with van der Waals surface area (Å²) in [6.45, 7) is -0.140. The third-order valence-corrected chi connectivity index (χ3v) is 7.66. The van der Waals surface area contributed by atoms with Crippen molar-refractivity contribution < 1.29 is 42.0 Å². The van der Waals surface area contributed by atoms with Crippen molar-refractivity contribution >= 4 is 56.1 Å². The van der Waals surface area contributed by atoms with Crippen LogP contribution in [0.25, 0.3) is 0 Å². The summed E-state index contributed by atoms with van der Waals surface area (Å²) in [5.74, 6) is -3.20. The van der Waals surface area contributed by atoms with Crippen LogP contribution in [0.15, 0.2) is 52.4 Å².